The van der Waals surface area contributed by atoms with E-state index in [0.717, 1.165) is 11.4 Å². The van der Waals surface area contributed by atoms with Gasteiger partial charge < -0.3 is 5.11 Å². The van der Waals surface area contributed by atoms with Crippen LogP contribution in [-0.4, -0.2) is 5.11 Å². The summed E-state index contributed by atoms with van der Waals surface area (Å²) in [6, 6.07) is 28.1. The van der Waals surface area contributed by atoms with Crippen molar-refractivity contribution in [1.29, 1.82) is 0 Å². The molecule has 104 valence electrons. The van der Waals surface area contributed by atoms with Crippen molar-refractivity contribution in [2.45, 2.75) is 0 Å². The third kappa shape index (κ3) is 5.70. The van der Waals surface area contributed by atoms with Crippen LogP contribution in [0.2, 0.25) is 0 Å². The van der Waals surface area contributed by atoms with E-state index in [1.165, 1.54) is 0 Å². The first kappa shape index (κ1) is 14.5. The Morgan fingerprint density at radius 3 is 1.10 bits per heavy atom. The van der Waals surface area contributed by atoms with Crippen molar-refractivity contribution < 1.29 is 5.11 Å². The molecule has 0 fully saturated rings. The van der Waals surface area contributed by atoms with Gasteiger partial charge in [0.05, 0.1) is 11.4 Å². The summed E-state index contributed by atoms with van der Waals surface area (Å²) in [5.74, 6) is 0.322. The molecule has 0 atom stereocenters. The number of rotatable bonds is 2. The van der Waals surface area contributed by atoms with Gasteiger partial charge in [0.1, 0.15) is 5.75 Å². The van der Waals surface area contributed by atoms with E-state index in [1.54, 1.807) is 24.3 Å². The summed E-state index contributed by atoms with van der Waals surface area (Å²) < 4.78 is 0. The van der Waals surface area contributed by atoms with Crippen LogP contribution in [0.5, 0.6) is 5.75 Å². The predicted octanol–water partition coefficient (Wildman–Crippen LogP) is 5.49. The Kier molecular flexibility index (Phi) is 5.70. The Hall–Kier alpha value is -2.94. The molecule has 0 aliphatic heterocycles. The summed E-state index contributed by atoms with van der Waals surface area (Å²) in [5.41, 5.74) is 1.74. The second-order valence-corrected chi connectivity index (χ2v) is 4.21. The number of nitrogens with zero attached hydrogens (tertiary/aromatic N) is 2. The Morgan fingerprint density at radius 2 is 0.810 bits per heavy atom. The normalized spacial score (nSPS) is 9.90. The largest absolute Gasteiger partial charge is 0.508 e. The fourth-order valence-corrected chi connectivity index (χ4v) is 1.53. The van der Waals surface area contributed by atoms with Gasteiger partial charge in [0.25, 0.3) is 0 Å². The number of azo groups is 1. The molecule has 0 saturated heterocycles. The van der Waals surface area contributed by atoms with Crippen LogP contribution in [0.4, 0.5) is 11.4 Å². The van der Waals surface area contributed by atoms with Crippen molar-refractivity contribution in [2.24, 2.45) is 10.2 Å². The molecular formula is C18H16N2O. The van der Waals surface area contributed by atoms with Gasteiger partial charge in [-0.2, -0.15) is 10.2 Å². The first-order chi connectivity index (χ1) is 10.3. The van der Waals surface area contributed by atoms with Crippen molar-refractivity contribution in [3.8, 4) is 5.75 Å². The zero-order chi connectivity index (χ0) is 14.8. The van der Waals surface area contributed by atoms with E-state index in [-0.39, 0.29) is 0 Å². The van der Waals surface area contributed by atoms with Gasteiger partial charge in [-0.15, -0.1) is 0 Å². The standard InChI is InChI=1S/C12H10N2.C6H6O/c1-3-7-11(8-4-1)13-14-12-9-5-2-6-10-12;7-6-4-2-1-3-5-6/h1-10H;1-5,7H. The summed E-state index contributed by atoms with van der Waals surface area (Å²) in [6.07, 6.45) is 0. The molecule has 3 rings (SSSR count). The van der Waals surface area contributed by atoms with Gasteiger partial charge in [0.2, 0.25) is 0 Å². The molecule has 0 spiro atoms. The summed E-state index contributed by atoms with van der Waals surface area (Å²) >= 11 is 0. The van der Waals surface area contributed by atoms with Gasteiger partial charge in [0, 0.05) is 0 Å². The maximum Gasteiger partial charge on any atom is 0.115 e. The monoisotopic (exact) mass is 276 g/mol. The zero-order valence-electron chi connectivity index (χ0n) is 11.5. The van der Waals surface area contributed by atoms with Crippen LogP contribution in [0, 0.1) is 0 Å². The van der Waals surface area contributed by atoms with E-state index in [2.05, 4.69) is 10.2 Å². The Morgan fingerprint density at radius 1 is 0.476 bits per heavy atom. The number of aromatic hydroxyl groups is 1. The molecule has 3 nitrogen and oxygen atoms in total. The lowest BCUT2D eigenvalue weighted by atomic mass is 10.3. The van der Waals surface area contributed by atoms with Gasteiger partial charge >= 0.3 is 0 Å². The molecule has 0 aromatic heterocycles. The molecular weight excluding hydrogens is 260 g/mol. The molecule has 3 aromatic rings. The fourth-order valence-electron chi connectivity index (χ4n) is 1.53. The maximum atomic E-state index is 8.63. The Balaban J connectivity index is 0.000000194. The van der Waals surface area contributed by atoms with Crippen molar-refractivity contribution in [3.05, 3.63) is 91.0 Å². The van der Waals surface area contributed by atoms with Gasteiger partial charge in [-0.3, -0.25) is 0 Å². The summed E-state index contributed by atoms with van der Waals surface area (Å²) in [6.45, 7) is 0. The van der Waals surface area contributed by atoms with Crippen molar-refractivity contribution >= 4 is 11.4 Å². The third-order valence-corrected chi connectivity index (χ3v) is 2.55. The minimum atomic E-state index is 0.322. The number of para-hydroxylation sites is 1. The third-order valence-electron chi connectivity index (χ3n) is 2.55. The average molecular weight is 276 g/mol. The lowest BCUT2D eigenvalue weighted by Gasteiger charge is -1.91. The topological polar surface area (TPSA) is 45.0 Å². The van der Waals surface area contributed by atoms with E-state index >= 15 is 0 Å². The van der Waals surface area contributed by atoms with E-state index in [0.29, 0.717) is 5.75 Å². The highest BCUT2D eigenvalue weighted by Crippen LogP contribution is 2.16. The molecule has 1 N–H and O–H groups in total. The quantitative estimate of drug-likeness (QED) is 0.617. The molecule has 0 aliphatic rings. The predicted molar refractivity (Wildman–Crippen MR) is 85.2 cm³/mol. The number of benzene rings is 3. The Bertz CT molecular complexity index is 611. The molecule has 0 aliphatic carbocycles. The van der Waals surface area contributed by atoms with E-state index in [4.69, 9.17) is 5.11 Å². The van der Waals surface area contributed by atoms with Gasteiger partial charge in [-0.05, 0) is 36.4 Å². The molecule has 3 heteroatoms. The summed E-state index contributed by atoms with van der Waals surface area (Å²) in [7, 11) is 0. The smallest absolute Gasteiger partial charge is 0.115 e. The number of hydrogen-bond donors (Lipinski definition) is 1. The first-order valence-corrected chi connectivity index (χ1v) is 6.60. The van der Waals surface area contributed by atoms with Gasteiger partial charge in [-0.1, -0.05) is 54.6 Å². The number of hydrogen-bond acceptors (Lipinski definition) is 3. The molecule has 0 saturated carbocycles. The average Bonchev–Trinajstić information content (AvgIpc) is 2.56. The molecule has 3 aromatic carbocycles. The van der Waals surface area contributed by atoms with Crippen LogP contribution in [0.1, 0.15) is 0 Å². The lowest BCUT2D eigenvalue weighted by Crippen LogP contribution is -1.62. The van der Waals surface area contributed by atoms with E-state index in [9.17, 15) is 0 Å². The number of phenolic OH excluding ortho intramolecular Hbond substituents is 1. The minimum absolute atomic E-state index is 0.322. The second kappa shape index (κ2) is 8.27. The molecule has 0 heterocycles. The zero-order valence-corrected chi connectivity index (χ0v) is 11.5. The molecule has 0 radical (unpaired) electrons. The van der Waals surface area contributed by atoms with Crippen molar-refractivity contribution in [1.82, 2.24) is 0 Å². The summed E-state index contributed by atoms with van der Waals surface area (Å²) in [5, 5.41) is 16.8. The molecule has 21 heavy (non-hydrogen) atoms. The van der Waals surface area contributed by atoms with Crippen LogP contribution >= 0.6 is 0 Å². The van der Waals surface area contributed by atoms with Crippen LogP contribution < -0.4 is 0 Å². The second-order valence-electron chi connectivity index (χ2n) is 4.21. The van der Waals surface area contributed by atoms with E-state index < -0.39 is 0 Å². The van der Waals surface area contributed by atoms with Crippen LogP contribution in [0.3, 0.4) is 0 Å². The van der Waals surface area contributed by atoms with Crippen LogP contribution in [-0.2, 0) is 0 Å². The Labute approximate surface area is 124 Å². The highest BCUT2D eigenvalue weighted by molar-refractivity contribution is 5.39. The van der Waals surface area contributed by atoms with Gasteiger partial charge in [-0.25, -0.2) is 0 Å². The molecule has 0 amide bonds. The molecule has 0 unspecified atom stereocenters. The fraction of sp³-hybridized carbons (Fsp3) is 0. The van der Waals surface area contributed by atoms with E-state index in [1.807, 2.05) is 66.7 Å². The van der Waals surface area contributed by atoms with Crippen LogP contribution in [0.25, 0.3) is 0 Å². The number of phenols is 1. The highest BCUT2D eigenvalue weighted by Gasteiger charge is 1.86. The van der Waals surface area contributed by atoms with Crippen molar-refractivity contribution in [2.75, 3.05) is 0 Å². The minimum Gasteiger partial charge on any atom is -0.508 e. The highest BCUT2D eigenvalue weighted by atomic mass is 16.3. The summed E-state index contributed by atoms with van der Waals surface area (Å²) in [4.78, 5) is 0. The van der Waals surface area contributed by atoms with Gasteiger partial charge in [0.15, 0.2) is 0 Å². The SMILES string of the molecule is Oc1ccccc1.c1ccc(N=Nc2ccccc2)cc1. The first-order valence-electron chi connectivity index (χ1n) is 6.60. The van der Waals surface area contributed by atoms with Crippen LogP contribution in [0.15, 0.2) is 101 Å². The maximum absolute atomic E-state index is 8.63. The lowest BCUT2D eigenvalue weighted by molar-refractivity contribution is 0.475. The molecule has 0 bridgehead atoms. The van der Waals surface area contributed by atoms with Crippen molar-refractivity contribution in [3.63, 3.8) is 0 Å².